The van der Waals surface area contributed by atoms with Gasteiger partial charge in [0.2, 0.25) is 0 Å². The second-order valence-corrected chi connectivity index (χ2v) is 3.99. The number of nitrogens with zero attached hydrogens (tertiary/aromatic N) is 1. The van der Waals surface area contributed by atoms with Crippen LogP contribution in [-0.4, -0.2) is 12.6 Å². The largest absolute Gasteiger partial charge is 0.337 e. The van der Waals surface area contributed by atoms with Crippen LogP contribution in [0.15, 0.2) is 42.6 Å². The van der Waals surface area contributed by atoms with Gasteiger partial charge in [0, 0.05) is 12.2 Å². The average molecular weight is 232 g/mol. The van der Waals surface area contributed by atoms with E-state index in [0.29, 0.717) is 12.2 Å². The zero-order valence-electron chi connectivity index (χ0n) is 10.6. The fourth-order valence-electron chi connectivity index (χ4n) is 1.54. The van der Waals surface area contributed by atoms with Crippen LogP contribution in [0, 0.1) is 0 Å². The van der Waals surface area contributed by atoms with E-state index >= 15 is 0 Å². The Labute approximate surface area is 103 Å². The standard InChI is InChI=1S/C14H20N2O/c1-4-5-11-15-14(17)16(12(2)3)13-9-7-6-8-10-13/h6-10H,2,4-5,11H2,1,3H3,(H,15,17). The number of benzene rings is 1. The molecule has 1 N–H and O–H groups in total. The first kappa shape index (κ1) is 13.3. The summed E-state index contributed by atoms with van der Waals surface area (Å²) in [4.78, 5) is 13.6. The quantitative estimate of drug-likeness (QED) is 0.774. The Morgan fingerprint density at radius 1 is 1.35 bits per heavy atom. The average Bonchev–Trinajstić information content (AvgIpc) is 2.30. The van der Waals surface area contributed by atoms with Gasteiger partial charge in [-0.15, -0.1) is 0 Å². The van der Waals surface area contributed by atoms with Crippen LogP contribution < -0.4 is 10.2 Å². The predicted octanol–water partition coefficient (Wildman–Crippen LogP) is 3.54. The second-order valence-electron chi connectivity index (χ2n) is 3.99. The van der Waals surface area contributed by atoms with Crippen molar-refractivity contribution in [3.8, 4) is 0 Å². The molecule has 0 atom stereocenters. The van der Waals surface area contributed by atoms with Crippen LogP contribution in [0.25, 0.3) is 0 Å². The van der Waals surface area contributed by atoms with Crippen molar-refractivity contribution in [1.29, 1.82) is 0 Å². The molecule has 0 saturated carbocycles. The molecule has 0 unspecified atom stereocenters. The summed E-state index contributed by atoms with van der Waals surface area (Å²) >= 11 is 0. The Kier molecular flexibility index (Phi) is 5.27. The lowest BCUT2D eigenvalue weighted by atomic mass is 10.3. The second kappa shape index (κ2) is 6.74. The fraction of sp³-hybridized carbons (Fsp3) is 0.357. The highest BCUT2D eigenvalue weighted by Gasteiger charge is 2.15. The summed E-state index contributed by atoms with van der Waals surface area (Å²) in [6, 6.07) is 9.42. The van der Waals surface area contributed by atoms with Gasteiger partial charge in [-0.05, 0) is 25.5 Å². The van der Waals surface area contributed by atoms with Gasteiger partial charge in [-0.3, -0.25) is 4.90 Å². The molecule has 3 nitrogen and oxygen atoms in total. The monoisotopic (exact) mass is 232 g/mol. The molecule has 1 aromatic rings. The van der Waals surface area contributed by atoms with E-state index in [4.69, 9.17) is 0 Å². The number of para-hydroxylation sites is 1. The van der Waals surface area contributed by atoms with E-state index in [9.17, 15) is 4.79 Å². The molecule has 17 heavy (non-hydrogen) atoms. The number of allylic oxidation sites excluding steroid dienone is 1. The predicted molar refractivity (Wildman–Crippen MR) is 72.0 cm³/mol. The number of rotatable bonds is 5. The summed E-state index contributed by atoms with van der Waals surface area (Å²) in [7, 11) is 0. The van der Waals surface area contributed by atoms with Gasteiger partial charge in [-0.2, -0.15) is 0 Å². The molecular weight excluding hydrogens is 212 g/mol. The molecule has 0 spiro atoms. The van der Waals surface area contributed by atoms with Gasteiger partial charge in [0.25, 0.3) is 0 Å². The zero-order valence-corrected chi connectivity index (χ0v) is 10.6. The molecule has 0 saturated heterocycles. The van der Waals surface area contributed by atoms with Gasteiger partial charge in [0.05, 0.1) is 5.69 Å². The van der Waals surface area contributed by atoms with E-state index in [2.05, 4.69) is 18.8 Å². The first-order valence-corrected chi connectivity index (χ1v) is 5.95. The summed E-state index contributed by atoms with van der Waals surface area (Å²) in [5.74, 6) is 0. The van der Waals surface area contributed by atoms with E-state index in [-0.39, 0.29) is 6.03 Å². The Hall–Kier alpha value is -1.77. The number of unbranched alkanes of at least 4 members (excludes halogenated alkanes) is 1. The maximum absolute atomic E-state index is 12.0. The molecule has 92 valence electrons. The number of nitrogens with one attached hydrogen (secondary N) is 1. The third kappa shape index (κ3) is 3.94. The molecule has 0 aliphatic heterocycles. The van der Waals surface area contributed by atoms with Crippen LogP contribution in [0.3, 0.4) is 0 Å². The Morgan fingerprint density at radius 2 is 2.00 bits per heavy atom. The minimum Gasteiger partial charge on any atom is -0.337 e. The van der Waals surface area contributed by atoms with Crippen molar-refractivity contribution in [2.75, 3.05) is 11.4 Å². The minimum absolute atomic E-state index is 0.114. The van der Waals surface area contributed by atoms with Crippen molar-refractivity contribution in [3.63, 3.8) is 0 Å². The van der Waals surface area contributed by atoms with Crippen molar-refractivity contribution in [2.45, 2.75) is 26.7 Å². The van der Waals surface area contributed by atoms with E-state index < -0.39 is 0 Å². The molecule has 0 aromatic heterocycles. The lowest BCUT2D eigenvalue weighted by Gasteiger charge is -2.23. The molecule has 2 amide bonds. The number of carbonyl (C=O) groups excluding carboxylic acids is 1. The number of anilines is 1. The van der Waals surface area contributed by atoms with Gasteiger partial charge in [0.1, 0.15) is 0 Å². The number of amides is 2. The first-order valence-electron chi connectivity index (χ1n) is 5.95. The molecule has 0 bridgehead atoms. The van der Waals surface area contributed by atoms with Gasteiger partial charge >= 0.3 is 6.03 Å². The van der Waals surface area contributed by atoms with E-state index in [1.165, 1.54) is 0 Å². The first-order chi connectivity index (χ1) is 8.16. The van der Waals surface area contributed by atoms with Crippen LogP contribution in [0.4, 0.5) is 10.5 Å². The molecule has 3 heteroatoms. The summed E-state index contributed by atoms with van der Waals surface area (Å²) in [5.41, 5.74) is 1.55. The molecule has 0 aliphatic rings. The highest BCUT2D eigenvalue weighted by atomic mass is 16.2. The Bertz CT molecular complexity index is 373. The summed E-state index contributed by atoms with van der Waals surface area (Å²) in [5, 5.41) is 2.89. The molecular formula is C14H20N2O. The molecule has 0 aliphatic carbocycles. The smallest absolute Gasteiger partial charge is 0.326 e. The van der Waals surface area contributed by atoms with Crippen molar-refractivity contribution >= 4 is 11.7 Å². The van der Waals surface area contributed by atoms with Crippen molar-refractivity contribution in [2.24, 2.45) is 0 Å². The Morgan fingerprint density at radius 3 is 2.53 bits per heavy atom. The lowest BCUT2D eigenvalue weighted by Crippen LogP contribution is -2.39. The maximum Gasteiger partial charge on any atom is 0.326 e. The molecule has 0 fully saturated rings. The van der Waals surface area contributed by atoms with Gasteiger partial charge in [-0.25, -0.2) is 4.79 Å². The maximum atomic E-state index is 12.0. The van der Waals surface area contributed by atoms with Gasteiger partial charge in [-0.1, -0.05) is 38.1 Å². The molecule has 1 rings (SSSR count). The van der Waals surface area contributed by atoms with Crippen LogP contribution >= 0.6 is 0 Å². The third-order valence-electron chi connectivity index (χ3n) is 2.41. The Balaban J connectivity index is 2.73. The van der Waals surface area contributed by atoms with E-state index in [1.54, 1.807) is 4.90 Å². The van der Waals surface area contributed by atoms with Crippen LogP contribution in [-0.2, 0) is 0 Å². The van der Waals surface area contributed by atoms with Crippen LogP contribution in [0.1, 0.15) is 26.7 Å². The van der Waals surface area contributed by atoms with E-state index in [1.807, 2.05) is 37.3 Å². The van der Waals surface area contributed by atoms with Crippen molar-refractivity contribution < 1.29 is 4.79 Å². The minimum atomic E-state index is -0.114. The number of urea groups is 1. The normalized spacial score (nSPS) is 9.76. The van der Waals surface area contributed by atoms with Gasteiger partial charge in [0.15, 0.2) is 0 Å². The van der Waals surface area contributed by atoms with E-state index in [0.717, 1.165) is 18.5 Å². The van der Waals surface area contributed by atoms with Crippen molar-refractivity contribution in [1.82, 2.24) is 5.32 Å². The zero-order chi connectivity index (χ0) is 12.7. The van der Waals surface area contributed by atoms with Gasteiger partial charge < -0.3 is 5.32 Å². The van der Waals surface area contributed by atoms with Crippen LogP contribution in [0.2, 0.25) is 0 Å². The summed E-state index contributed by atoms with van der Waals surface area (Å²) < 4.78 is 0. The molecule has 0 heterocycles. The molecule has 0 radical (unpaired) electrons. The summed E-state index contributed by atoms with van der Waals surface area (Å²) in [6.07, 6.45) is 2.06. The lowest BCUT2D eigenvalue weighted by molar-refractivity contribution is 0.247. The highest BCUT2D eigenvalue weighted by Crippen LogP contribution is 2.17. The number of hydrogen-bond donors (Lipinski definition) is 1. The SMILES string of the molecule is C=C(C)N(C(=O)NCCCC)c1ccccc1. The topological polar surface area (TPSA) is 32.3 Å². The summed E-state index contributed by atoms with van der Waals surface area (Å²) in [6.45, 7) is 8.47. The van der Waals surface area contributed by atoms with Crippen molar-refractivity contribution in [3.05, 3.63) is 42.6 Å². The number of carbonyl (C=O) groups is 1. The fourth-order valence-corrected chi connectivity index (χ4v) is 1.54. The third-order valence-corrected chi connectivity index (χ3v) is 2.41. The molecule has 1 aromatic carbocycles. The van der Waals surface area contributed by atoms with Crippen LogP contribution in [0.5, 0.6) is 0 Å². The number of hydrogen-bond acceptors (Lipinski definition) is 1. The highest BCUT2D eigenvalue weighted by molar-refractivity contribution is 5.94.